The third-order valence-electron chi connectivity index (χ3n) is 2.25. The number of piperidine rings is 1. The Hall–Kier alpha value is -0.250. The van der Waals surface area contributed by atoms with Gasteiger partial charge in [0, 0.05) is 6.54 Å². The van der Waals surface area contributed by atoms with Crippen LogP contribution in [-0.2, 0) is 0 Å². The Morgan fingerprint density at radius 3 is 2.36 bits per heavy atom. The van der Waals surface area contributed by atoms with E-state index in [-0.39, 0.29) is 12.5 Å². The number of rotatable bonds is 0. The summed E-state index contributed by atoms with van der Waals surface area (Å²) in [6.07, 6.45) is -3.39. The van der Waals surface area contributed by atoms with Gasteiger partial charge in [-0.1, -0.05) is 6.92 Å². The molecule has 11 heavy (non-hydrogen) atoms. The number of hydrogen-bond donors (Lipinski definition) is 1. The molecule has 1 N–H and O–H groups in total. The molecular weight excluding hydrogens is 155 g/mol. The van der Waals surface area contributed by atoms with Crippen LogP contribution in [0.15, 0.2) is 0 Å². The standard InChI is InChI=1S/C7H12F3N/c1-5-2-3-11-4-6(5)7(8,9)10/h5-6,11H,2-4H2,1H3. The third-order valence-corrected chi connectivity index (χ3v) is 2.25. The first kappa shape index (κ1) is 8.84. The first-order valence-electron chi connectivity index (χ1n) is 3.79. The largest absolute Gasteiger partial charge is 0.393 e. The van der Waals surface area contributed by atoms with Crippen LogP contribution in [0.5, 0.6) is 0 Å². The molecule has 0 radical (unpaired) electrons. The molecule has 66 valence electrons. The molecule has 1 rings (SSSR count). The maximum absolute atomic E-state index is 12.2. The van der Waals surface area contributed by atoms with E-state index in [1.54, 1.807) is 6.92 Å². The zero-order valence-electron chi connectivity index (χ0n) is 6.41. The van der Waals surface area contributed by atoms with Gasteiger partial charge in [-0.3, -0.25) is 0 Å². The van der Waals surface area contributed by atoms with E-state index < -0.39 is 12.1 Å². The van der Waals surface area contributed by atoms with Gasteiger partial charge >= 0.3 is 6.18 Å². The van der Waals surface area contributed by atoms with Gasteiger partial charge in [-0.2, -0.15) is 13.2 Å². The smallest absolute Gasteiger partial charge is 0.316 e. The molecule has 0 aromatic carbocycles. The van der Waals surface area contributed by atoms with Crippen molar-refractivity contribution in [1.29, 1.82) is 0 Å². The van der Waals surface area contributed by atoms with Crippen molar-refractivity contribution in [2.45, 2.75) is 19.5 Å². The molecular formula is C7H12F3N. The first-order valence-corrected chi connectivity index (χ1v) is 3.79. The Bertz CT molecular complexity index is 132. The van der Waals surface area contributed by atoms with Gasteiger partial charge in [0.25, 0.3) is 0 Å². The van der Waals surface area contributed by atoms with Gasteiger partial charge in [0.1, 0.15) is 0 Å². The second-order valence-electron chi connectivity index (χ2n) is 3.12. The van der Waals surface area contributed by atoms with Crippen molar-refractivity contribution in [3.8, 4) is 0 Å². The molecule has 2 atom stereocenters. The summed E-state index contributed by atoms with van der Waals surface area (Å²) in [6, 6.07) is 0. The molecule has 4 heteroatoms. The molecule has 0 spiro atoms. The fraction of sp³-hybridized carbons (Fsp3) is 1.00. The van der Waals surface area contributed by atoms with Crippen LogP contribution in [0.1, 0.15) is 13.3 Å². The van der Waals surface area contributed by atoms with Crippen LogP contribution in [0.2, 0.25) is 0 Å². The van der Waals surface area contributed by atoms with E-state index in [4.69, 9.17) is 0 Å². The van der Waals surface area contributed by atoms with Crippen molar-refractivity contribution in [3.05, 3.63) is 0 Å². The summed E-state index contributed by atoms with van der Waals surface area (Å²) < 4.78 is 36.5. The number of nitrogens with one attached hydrogen (secondary N) is 1. The Balaban J connectivity index is 2.55. The zero-order chi connectivity index (χ0) is 8.48. The van der Waals surface area contributed by atoms with E-state index >= 15 is 0 Å². The van der Waals surface area contributed by atoms with Crippen LogP contribution in [0.25, 0.3) is 0 Å². The number of halogens is 3. The highest BCUT2D eigenvalue weighted by Crippen LogP contribution is 2.34. The summed E-state index contributed by atoms with van der Waals surface area (Å²) >= 11 is 0. The van der Waals surface area contributed by atoms with E-state index in [0.717, 1.165) is 0 Å². The summed E-state index contributed by atoms with van der Waals surface area (Å²) in [5.74, 6) is -1.37. The van der Waals surface area contributed by atoms with Gasteiger partial charge in [-0.15, -0.1) is 0 Å². The van der Waals surface area contributed by atoms with Crippen molar-refractivity contribution in [1.82, 2.24) is 5.32 Å². The molecule has 0 aromatic heterocycles. The SMILES string of the molecule is CC1CCNCC1C(F)(F)F. The van der Waals surface area contributed by atoms with E-state index in [2.05, 4.69) is 5.32 Å². The Kier molecular flexibility index (Phi) is 2.42. The molecule has 0 aliphatic carbocycles. The molecule has 0 amide bonds. The number of hydrogen-bond acceptors (Lipinski definition) is 1. The van der Waals surface area contributed by atoms with Gasteiger partial charge < -0.3 is 5.32 Å². The summed E-state index contributed by atoms with van der Waals surface area (Å²) in [4.78, 5) is 0. The van der Waals surface area contributed by atoms with E-state index in [1.165, 1.54) is 0 Å². The van der Waals surface area contributed by atoms with Crippen molar-refractivity contribution >= 4 is 0 Å². The van der Waals surface area contributed by atoms with Crippen LogP contribution in [0.3, 0.4) is 0 Å². The van der Waals surface area contributed by atoms with E-state index in [1.807, 2.05) is 0 Å². The average Bonchev–Trinajstić information content (AvgIpc) is 1.86. The van der Waals surface area contributed by atoms with Gasteiger partial charge in [-0.05, 0) is 18.9 Å². The maximum atomic E-state index is 12.2. The highest BCUT2D eigenvalue weighted by atomic mass is 19.4. The fourth-order valence-electron chi connectivity index (χ4n) is 1.43. The molecule has 1 nitrogen and oxygen atoms in total. The fourth-order valence-corrected chi connectivity index (χ4v) is 1.43. The topological polar surface area (TPSA) is 12.0 Å². The van der Waals surface area contributed by atoms with E-state index in [0.29, 0.717) is 13.0 Å². The predicted molar refractivity (Wildman–Crippen MR) is 36.2 cm³/mol. The Morgan fingerprint density at radius 1 is 1.36 bits per heavy atom. The van der Waals surface area contributed by atoms with Crippen molar-refractivity contribution in [2.75, 3.05) is 13.1 Å². The van der Waals surface area contributed by atoms with Crippen LogP contribution in [0.4, 0.5) is 13.2 Å². The summed E-state index contributed by atoms with van der Waals surface area (Å²) in [7, 11) is 0. The van der Waals surface area contributed by atoms with Crippen LogP contribution < -0.4 is 5.32 Å². The minimum Gasteiger partial charge on any atom is -0.316 e. The minimum absolute atomic E-state index is 0.0880. The van der Waals surface area contributed by atoms with E-state index in [9.17, 15) is 13.2 Å². The van der Waals surface area contributed by atoms with Gasteiger partial charge in [0.15, 0.2) is 0 Å². The molecule has 1 fully saturated rings. The highest BCUT2D eigenvalue weighted by Gasteiger charge is 2.43. The van der Waals surface area contributed by atoms with Crippen molar-refractivity contribution < 1.29 is 13.2 Å². The van der Waals surface area contributed by atoms with Gasteiger partial charge in [0.05, 0.1) is 5.92 Å². The second kappa shape index (κ2) is 3.01. The molecule has 0 aromatic rings. The van der Waals surface area contributed by atoms with Crippen molar-refractivity contribution in [2.24, 2.45) is 11.8 Å². The minimum atomic E-state index is -4.02. The molecule has 1 heterocycles. The molecule has 0 saturated carbocycles. The lowest BCUT2D eigenvalue weighted by Crippen LogP contribution is -2.43. The molecule has 1 aliphatic rings. The lowest BCUT2D eigenvalue weighted by Gasteiger charge is -2.30. The lowest BCUT2D eigenvalue weighted by molar-refractivity contribution is -0.190. The van der Waals surface area contributed by atoms with Crippen LogP contribution >= 0.6 is 0 Å². The number of alkyl halides is 3. The summed E-state index contributed by atoms with van der Waals surface area (Å²) in [5, 5.41) is 2.75. The predicted octanol–water partition coefficient (Wildman–Crippen LogP) is 1.79. The van der Waals surface area contributed by atoms with Gasteiger partial charge in [-0.25, -0.2) is 0 Å². The van der Waals surface area contributed by atoms with Gasteiger partial charge in [0.2, 0.25) is 0 Å². The molecule has 0 bridgehead atoms. The van der Waals surface area contributed by atoms with Crippen LogP contribution in [-0.4, -0.2) is 19.3 Å². The highest BCUT2D eigenvalue weighted by molar-refractivity contribution is 4.80. The zero-order valence-corrected chi connectivity index (χ0v) is 6.41. The third kappa shape index (κ3) is 2.09. The van der Waals surface area contributed by atoms with Crippen molar-refractivity contribution in [3.63, 3.8) is 0 Å². The normalized spacial score (nSPS) is 33.8. The molecule has 1 aliphatic heterocycles. The second-order valence-corrected chi connectivity index (χ2v) is 3.12. The Morgan fingerprint density at radius 2 is 2.00 bits per heavy atom. The maximum Gasteiger partial charge on any atom is 0.393 e. The lowest BCUT2D eigenvalue weighted by atomic mass is 9.88. The van der Waals surface area contributed by atoms with Crippen LogP contribution in [0, 0.1) is 11.8 Å². The quantitative estimate of drug-likeness (QED) is 0.580. The summed E-state index contributed by atoms with van der Waals surface area (Å²) in [6.45, 7) is 2.47. The first-order chi connectivity index (χ1) is 5.02. The molecule has 1 saturated heterocycles. The summed E-state index contributed by atoms with van der Waals surface area (Å²) in [5.41, 5.74) is 0. The monoisotopic (exact) mass is 167 g/mol. The molecule has 2 unspecified atom stereocenters. The Labute approximate surface area is 64.0 Å². The average molecular weight is 167 g/mol.